The van der Waals surface area contributed by atoms with Crippen molar-refractivity contribution in [2.45, 2.75) is 39.3 Å². The van der Waals surface area contributed by atoms with Crippen molar-refractivity contribution in [2.75, 3.05) is 6.61 Å². The molecule has 1 atom stereocenters. The maximum atomic E-state index is 9.21. The highest BCUT2D eigenvalue weighted by Crippen LogP contribution is 2.16. The molecule has 0 saturated carbocycles. The first-order chi connectivity index (χ1) is 6.59. The molecular formula is C11H19NOS. The zero-order valence-corrected chi connectivity index (χ0v) is 9.95. The Kier molecular flexibility index (Phi) is 4.11. The molecular weight excluding hydrogens is 194 g/mol. The van der Waals surface area contributed by atoms with Crippen molar-refractivity contribution in [1.29, 1.82) is 0 Å². The van der Waals surface area contributed by atoms with E-state index in [1.165, 1.54) is 9.75 Å². The molecule has 1 aromatic rings. The summed E-state index contributed by atoms with van der Waals surface area (Å²) in [5.41, 5.74) is -0.141. The Labute approximate surface area is 90.0 Å². The third kappa shape index (κ3) is 3.08. The zero-order chi connectivity index (χ0) is 10.6. The van der Waals surface area contributed by atoms with Crippen LogP contribution in [0, 0.1) is 6.92 Å². The van der Waals surface area contributed by atoms with Crippen molar-refractivity contribution in [1.82, 2.24) is 5.32 Å². The molecule has 0 fully saturated rings. The second-order valence-corrected chi connectivity index (χ2v) is 5.31. The second kappa shape index (κ2) is 4.91. The average Bonchev–Trinajstić information content (AvgIpc) is 2.61. The van der Waals surface area contributed by atoms with Crippen LogP contribution in [0.4, 0.5) is 0 Å². The Morgan fingerprint density at radius 3 is 2.64 bits per heavy atom. The van der Waals surface area contributed by atoms with Crippen molar-refractivity contribution in [2.24, 2.45) is 0 Å². The van der Waals surface area contributed by atoms with E-state index in [2.05, 4.69) is 31.3 Å². The Bertz CT molecular complexity index is 279. The SMILES string of the molecule is CCC(C)(CO)NCc1ccc(C)s1. The topological polar surface area (TPSA) is 32.3 Å². The summed E-state index contributed by atoms with van der Waals surface area (Å²) in [6, 6.07) is 4.27. The average molecular weight is 213 g/mol. The Hall–Kier alpha value is -0.380. The number of aliphatic hydroxyl groups is 1. The fourth-order valence-corrected chi connectivity index (χ4v) is 2.00. The number of aliphatic hydroxyl groups excluding tert-OH is 1. The first-order valence-corrected chi connectivity index (χ1v) is 5.82. The van der Waals surface area contributed by atoms with Gasteiger partial charge in [-0.05, 0) is 32.4 Å². The fourth-order valence-electron chi connectivity index (χ4n) is 1.17. The number of aryl methyl sites for hydroxylation is 1. The smallest absolute Gasteiger partial charge is 0.0610 e. The normalized spacial score (nSPS) is 15.4. The van der Waals surface area contributed by atoms with Gasteiger partial charge in [-0.15, -0.1) is 11.3 Å². The quantitative estimate of drug-likeness (QED) is 0.786. The lowest BCUT2D eigenvalue weighted by atomic mass is 10.0. The molecule has 1 rings (SSSR count). The minimum atomic E-state index is -0.141. The molecule has 0 aliphatic rings. The van der Waals surface area contributed by atoms with Crippen molar-refractivity contribution in [3.63, 3.8) is 0 Å². The van der Waals surface area contributed by atoms with Crippen LogP contribution in [0.3, 0.4) is 0 Å². The largest absolute Gasteiger partial charge is 0.394 e. The van der Waals surface area contributed by atoms with Crippen LogP contribution in [0.15, 0.2) is 12.1 Å². The monoisotopic (exact) mass is 213 g/mol. The molecule has 1 heterocycles. The van der Waals surface area contributed by atoms with Gasteiger partial charge >= 0.3 is 0 Å². The summed E-state index contributed by atoms with van der Waals surface area (Å²) in [7, 11) is 0. The molecule has 0 aliphatic carbocycles. The number of rotatable bonds is 5. The summed E-state index contributed by atoms with van der Waals surface area (Å²) in [4.78, 5) is 2.67. The third-order valence-electron chi connectivity index (χ3n) is 2.61. The maximum Gasteiger partial charge on any atom is 0.0610 e. The number of hydrogen-bond donors (Lipinski definition) is 2. The first-order valence-electron chi connectivity index (χ1n) is 5.01. The molecule has 1 unspecified atom stereocenters. The van der Waals surface area contributed by atoms with E-state index >= 15 is 0 Å². The van der Waals surface area contributed by atoms with Gasteiger partial charge in [0.1, 0.15) is 0 Å². The standard InChI is InChI=1S/C11H19NOS/c1-4-11(3,8-13)12-7-10-6-5-9(2)14-10/h5-6,12-13H,4,7-8H2,1-3H3. The van der Waals surface area contributed by atoms with Gasteiger partial charge in [0.15, 0.2) is 0 Å². The molecule has 0 aromatic carbocycles. The molecule has 0 aliphatic heterocycles. The Morgan fingerprint density at radius 2 is 2.21 bits per heavy atom. The van der Waals surface area contributed by atoms with E-state index in [1.807, 2.05) is 6.92 Å². The van der Waals surface area contributed by atoms with Crippen LogP contribution in [0.1, 0.15) is 30.0 Å². The number of thiophene rings is 1. The number of hydrogen-bond acceptors (Lipinski definition) is 3. The molecule has 3 heteroatoms. The van der Waals surface area contributed by atoms with Gasteiger partial charge in [0, 0.05) is 21.8 Å². The van der Waals surface area contributed by atoms with Gasteiger partial charge in [-0.1, -0.05) is 6.92 Å². The van der Waals surface area contributed by atoms with Gasteiger partial charge in [0.25, 0.3) is 0 Å². The molecule has 0 bridgehead atoms. The van der Waals surface area contributed by atoms with E-state index in [0.717, 1.165) is 13.0 Å². The molecule has 0 saturated heterocycles. The first kappa shape index (κ1) is 11.7. The molecule has 0 amide bonds. The van der Waals surface area contributed by atoms with Crippen LogP contribution >= 0.6 is 11.3 Å². The molecule has 2 nitrogen and oxygen atoms in total. The van der Waals surface area contributed by atoms with Crippen molar-refractivity contribution >= 4 is 11.3 Å². The van der Waals surface area contributed by atoms with Crippen LogP contribution < -0.4 is 5.32 Å². The van der Waals surface area contributed by atoms with Gasteiger partial charge in [-0.25, -0.2) is 0 Å². The van der Waals surface area contributed by atoms with Crippen LogP contribution in [0.2, 0.25) is 0 Å². The molecule has 80 valence electrons. The van der Waals surface area contributed by atoms with Gasteiger partial charge in [0.2, 0.25) is 0 Å². The van der Waals surface area contributed by atoms with Crippen LogP contribution in [0.5, 0.6) is 0 Å². The van der Waals surface area contributed by atoms with E-state index in [0.29, 0.717) is 0 Å². The van der Waals surface area contributed by atoms with E-state index in [9.17, 15) is 5.11 Å². The van der Waals surface area contributed by atoms with Crippen molar-refractivity contribution < 1.29 is 5.11 Å². The molecule has 14 heavy (non-hydrogen) atoms. The van der Waals surface area contributed by atoms with Crippen LogP contribution in [-0.4, -0.2) is 17.3 Å². The molecule has 0 radical (unpaired) electrons. The third-order valence-corrected chi connectivity index (χ3v) is 3.62. The Balaban J connectivity index is 2.47. The van der Waals surface area contributed by atoms with E-state index in [1.54, 1.807) is 11.3 Å². The van der Waals surface area contributed by atoms with Gasteiger partial charge in [-0.2, -0.15) is 0 Å². The van der Waals surface area contributed by atoms with E-state index in [-0.39, 0.29) is 12.1 Å². The highest BCUT2D eigenvalue weighted by Gasteiger charge is 2.19. The molecule has 1 aromatic heterocycles. The lowest BCUT2D eigenvalue weighted by Crippen LogP contribution is -2.44. The Morgan fingerprint density at radius 1 is 1.50 bits per heavy atom. The van der Waals surface area contributed by atoms with E-state index < -0.39 is 0 Å². The maximum absolute atomic E-state index is 9.21. The minimum absolute atomic E-state index is 0.141. The predicted molar refractivity (Wildman–Crippen MR) is 61.7 cm³/mol. The summed E-state index contributed by atoms with van der Waals surface area (Å²) < 4.78 is 0. The van der Waals surface area contributed by atoms with Gasteiger partial charge in [-0.3, -0.25) is 0 Å². The fraction of sp³-hybridized carbons (Fsp3) is 0.636. The van der Waals surface area contributed by atoms with Gasteiger partial charge < -0.3 is 10.4 Å². The predicted octanol–water partition coefficient (Wildman–Crippen LogP) is 2.31. The summed E-state index contributed by atoms with van der Waals surface area (Å²) in [5, 5.41) is 12.6. The minimum Gasteiger partial charge on any atom is -0.394 e. The highest BCUT2D eigenvalue weighted by atomic mass is 32.1. The second-order valence-electron chi connectivity index (χ2n) is 3.94. The summed E-state index contributed by atoms with van der Waals surface area (Å²) in [6.07, 6.45) is 0.938. The summed E-state index contributed by atoms with van der Waals surface area (Å²) >= 11 is 1.81. The number of nitrogens with one attached hydrogen (secondary N) is 1. The zero-order valence-electron chi connectivity index (χ0n) is 9.13. The van der Waals surface area contributed by atoms with E-state index in [4.69, 9.17) is 0 Å². The van der Waals surface area contributed by atoms with Crippen molar-refractivity contribution in [3.8, 4) is 0 Å². The highest BCUT2D eigenvalue weighted by molar-refractivity contribution is 7.11. The lowest BCUT2D eigenvalue weighted by molar-refractivity contribution is 0.169. The van der Waals surface area contributed by atoms with Gasteiger partial charge in [0.05, 0.1) is 6.61 Å². The van der Waals surface area contributed by atoms with Crippen LogP contribution in [0.25, 0.3) is 0 Å². The van der Waals surface area contributed by atoms with Crippen LogP contribution in [-0.2, 0) is 6.54 Å². The summed E-state index contributed by atoms with van der Waals surface area (Å²) in [6.45, 7) is 7.28. The summed E-state index contributed by atoms with van der Waals surface area (Å²) in [5.74, 6) is 0. The van der Waals surface area contributed by atoms with Crippen molar-refractivity contribution in [3.05, 3.63) is 21.9 Å². The molecule has 0 spiro atoms. The lowest BCUT2D eigenvalue weighted by Gasteiger charge is -2.26. The molecule has 2 N–H and O–H groups in total.